The lowest BCUT2D eigenvalue weighted by Gasteiger charge is -2.34. The molecular formula is C27H40FNO5S. The summed E-state index contributed by atoms with van der Waals surface area (Å²) >= 11 is 1.52. The molecule has 0 bridgehead atoms. The number of aliphatic hydroxyl groups is 2. The van der Waals surface area contributed by atoms with E-state index < -0.39 is 42.3 Å². The zero-order chi connectivity index (χ0) is 26.3. The molecule has 2 heterocycles. The van der Waals surface area contributed by atoms with Crippen molar-refractivity contribution in [2.75, 3.05) is 6.67 Å². The number of hydrogen-bond donors (Lipinski definition) is 2. The number of thiazole rings is 1. The van der Waals surface area contributed by atoms with Crippen molar-refractivity contribution in [1.29, 1.82) is 0 Å². The van der Waals surface area contributed by atoms with Gasteiger partial charge in [0, 0.05) is 17.7 Å². The molecule has 2 rings (SSSR count). The highest BCUT2D eigenvalue weighted by molar-refractivity contribution is 7.09. The van der Waals surface area contributed by atoms with Crippen LogP contribution in [0.3, 0.4) is 0 Å². The molecule has 1 aromatic heterocycles. The van der Waals surface area contributed by atoms with E-state index in [4.69, 9.17) is 4.74 Å². The van der Waals surface area contributed by atoms with E-state index in [2.05, 4.69) is 4.98 Å². The molecule has 1 aromatic rings. The van der Waals surface area contributed by atoms with Gasteiger partial charge in [-0.2, -0.15) is 0 Å². The quantitative estimate of drug-likeness (QED) is 0.429. The lowest BCUT2D eigenvalue weighted by atomic mass is 9.73. The van der Waals surface area contributed by atoms with Crippen molar-refractivity contribution in [2.45, 2.75) is 92.0 Å². The van der Waals surface area contributed by atoms with Crippen molar-refractivity contribution in [3.05, 3.63) is 33.3 Å². The predicted octanol–water partition coefficient (Wildman–Crippen LogP) is 5.22. The number of carbonyl (C=O) groups excluding carboxylic acids is 2. The number of aromatic nitrogens is 1. The van der Waals surface area contributed by atoms with Crippen molar-refractivity contribution in [3.8, 4) is 0 Å². The van der Waals surface area contributed by atoms with E-state index in [1.54, 1.807) is 26.8 Å². The Labute approximate surface area is 212 Å². The topological polar surface area (TPSA) is 96.7 Å². The van der Waals surface area contributed by atoms with Gasteiger partial charge in [-0.15, -0.1) is 11.3 Å². The second kappa shape index (κ2) is 12.9. The van der Waals surface area contributed by atoms with Crippen LogP contribution in [0.25, 0.3) is 6.08 Å². The summed E-state index contributed by atoms with van der Waals surface area (Å²) in [6.45, 7) is 9.85. The number of allylic oxidation sites excluding steroid dienone is 1. The van der Waals surface area contributed by atoms with Crippen LogP contribution in [0.4, 0.5) is 4.39 Å². The summed E-state index contributed by atoms with van der Waals surface area (Å²) in [5.41, 5.74) is 0.892. The summed E-state index contributed by atoms with van der Waals surface area (Å²) in [6, 6.07) is 0. The van der Waals surface area contributed by atoms with Crippen LogP contribution in [0, 0.1) is 24.2 Å². The first-order chi connectivity index (χ1) is 16.4. The number of carbonyl (C=O) groups is 2. The van der Waals surface area contributed by atoms with Crippen LogP contribution in [0.15, 0.2) is 22.6 Å². The first-order valence-corrected chi connectivity index (χ1v) is 13.2. The zero-order valence-corrected chi connectivity index (χ0v) is 22.5. The largest absolute Gasteiger partial charge is 0.457 e. The summed E-state index contributed by atoms with van der Waals surface area (Å²) in [4.78, 5) is 30.4. The fraction of sp³-hybridized carbons (Fsp3) is 0.667. The molecule has 2 N–H and O–H groups in total. The van der Waals surface area contributed by atoms with Gasteiger partial charge < -0.3 is 14.9 Å². The molecule has 0 amide bonds. The Morgan fingerprint density at radius 1 is 1.31 bits per heavy atom. The van der Waals surface area contributed by atoms with Crippen LogP contribution in [-0.4, -0.2) is 51.9 Å². The highest BCUT2D eigenvalue weighted by atomic mass is 32.1. The molecule has 0 saturated heterocycles. The van der Waals surface area contributed by atoms with Gasteiger partial charge in [0.25, 0.3) is 0 Å². The lowest BCUT2D eigenvalue weighted by molar-refractivity contribution is -0.154. The minimum absolute atomic E-state index is 0.167. The van der Waals surface area contributed by atoms with Crippen molar-refractivity contribution in [2.24, 2.45) is 17.3 Å². The van der Waals surface area contributed by atoms with Gasteiger partial charge in [-0.1, -0.05) is 33.8 Å². The van der Waals surface area contributed by atoms with Gasteiger partial charge in [0.15, 0.2) is 0 Å². The van der Waals surface area contributed by atoms with Gasteiger partial charge in [-0.25, -0.2) is 9.37 Å². The Morgan fingerprint density at radius 3 is 2.60 bits per heavy atom. The molecule has 0 unspecified atom stereocenters. The molecule has 1 aliphatic heterocycles. The number of ether oxygens (including phenoxy) is 1. The summed E-state index contributed by atoms with van der Waals surface area (Å²) in [5.74, 6) is -1.83. The standard InChI is InChI=1S/C27H40FNO5S/c1-16-8-7-9-20(14-28)10-11-22(17(2)12-21-15-35-19(4)29-21)34-24(31)13-23(30)27(5,6)26(33)18(3)25(16)32/h10,12,15-16,18,22-23,25,30,32H,7-9,11,13-14H2,1-6H3/b17-12+,20-10+/t16-,18+,22-,23-,25-/m0/s1. The molecule has 0 fully saturated rings. The number of halogens is 1. The normalized spacial score (nSPS) is 31.5. The fourth-order valence-electron chi connectivity index (χ4n) is 4.44. The third-order valence-corrected chi connectivity index (χ3v) is 7.87. The van der Waals surface area contributed by atoms with Gasteiger partial charge in [-0.3, -0.25) is 9.59 Å². The highest BCUT2D eigenvalue weighted by Gasteiger charge is 2.42. The third kappa shape index (κ3) is 8.05. The van der Waals surface area contributed by atoms with Gasteiger partial charge >= 0.3 is 5.97 Å². The van der Waals surface area contributed by atoms with E-state index in [0.29, 0.717) is 31.3 Å². The average Bonchev–Trinajstić information content (AvgIpc) is 3.21. The van der Waals surface area contributed by atoms with Crippen molar-refractivity contribution < 1.29 is 28.9 Å². The number of ketones is 1. The zero-order valence-electron chi connectivity index (χ0n) is 21.7. The first kappa shape index (κ1) is 29.3. The first-order valence-electron chi connectivity index (χ1n) is 12.3. The second-order valence-corrected chi connectivity index (χ2v) is 11.4. The SMILES string of the molecule is C/C(=C\c1csc(C)n1)[C@@H]1C/C=C(/CF)CCC[C@H](C)[C@H](O)[C@@H](C)C(=O)C(C)(C)[C@@H](O)CC(=O)O1. The Bertz CT molecular complexity index is 938. The Hall–Kier alpha value is -1.90. The minimum atomic E-state index is -1.27. The summed E-state index contributed by atoms with van der Waals surface area (Å²) < 4.78 is 19.5. The van der Waals surface area contributed by atoms with E-state index in [-0.39, 0.29) is 18.1 Å². The predicted molar refractivity (Wildman–Crippen MR) is 137 cm³/mol. The number of Topliss-reactive ketones (excluding diaryl/α,β-unsaturated/α-hetero) is 1. The highest BCUT2D eigenvalue weighted by Crippen LogP contribution is 2.32. The molecule has 8 heteroatoms. The molecule has 35 heavy (non-hydrogen) atoms. The van der Waals surface area contributed by atoms with E-state index in [9.17, 15) is 24.2 Å². The third-order valence-electron chi connectivity index (χ3n) is 7.08. The Balaban J connectivity index is 2.37. The monoisotopic (exact) mass is 509 g/mol. The van der Waals surface area contributed by atoms with E-state index in [1.165, 1.54) is 11.3 Å². The lowest BCUT2D eigenvalue weighted by Crippen LogP contribution is -2.45. The van der Waals surface area contributed by atoms with Crippen molar-refractivity contribution in [3.63, 3.8) is 0 Å². The fourth-order valence-corrected chi connectivity index (χ4v) is 5.01. The molecule has 5 atom stereocenters. The molecule has 1 aliphatic rings. The van der Waals surface area contributed by atoms with Crippen LogP contribution in [0.5, 0.6) is 0 Å². The molecular weight excluding hydrogens is 469 g/mol. The summed E-state index contributed by atoms with van der Waals surface area (Å²) in [7, 11) is 0. The van der Waals surface area contributed by atoms with E-state index in [1.807, 2.05) is 32.2 Å². The Kier molecular flexibility index (Phi) is 10.8. The summed E-state index contributed by atoms with van der Waals surface area (Å²) in [6.07, 6.45) is 2.57. The van der Waals surface area contributed by atoms with E-state index >= 15 is 0 Å². The number of aryl methyl sites for hydroxylation is 1. The van der Waals surface area contributed by atoms with Crippen LogP contribution >= 0.6 is 11.3 Å². The molecule has 0 radical (unpaired) electrons. The maximum absolute atomic E-state index is 13.7. The van der Waals surface area contributed by atoms with Crippen LogP contribution in [0.2, 0.25) is 0 Å². The number of alkyl halides is 1. The second-order valence-electron chi connectivity index (χ2n) is 10.3. The summed E-state index contributed by atoms with van der Waals surface area (Å²) in [5, 5.41) is 24.4. The van der Waals surface area contributed by atoms with Gasteiger partial charge in [-0.05, 0) is 56.3 Å². The Morgan fingerprint density at radius 2 is 2.00 bits per heavy atom. The maximum Gasteiger partial charge on any atom is 0.309 e. The number of aliphatic hydroxyl groups excluding tert-OH is 2. The average molecular weight is 510 g/mol. The van der Waals surface area contributed by atoms with Crippen LogP contribution in [0.1, 0.15) is 77.4 Å². The van der Waals surface area contributed by atoms with E-state index in [0.717, 1.165) is 16.3 Å². The van der Waals surface area contributed by atoms with Gasteiger partial charge in [0.2, 0.25) is 0 Å². The van der Waals surface area contributed by atoms with Crippen molar-refractivity contribution >= 4 is 29.2 Å². The number of esters is 1. The van der Waals surface area contributed by atoms with Gasteiger partial charge in [0.1, 0.15) is 18.6 Å². The molecule has 0 aromatic carbocycles. The number of rotatable bonds is 3. The maximum atomic E-state index is 13.7. The number of cyclic esters (lactones) is 1. The molecule has 0 aliphatic carbocycles. The number of nitrogens with zero attached hydrogens (tertiary/aromatic N) is 1. The van der Waals surface area contributed by atoms with Gasteiger partial charge in [0.05, 0.1) is 34.7 Å². The molecule has 196 valence electrons. The smallest absolute Gasteiger partial charge is 0.309 e. The minimum Gasteiger partial charge on any atom is -0.457 e. The molecule has 6 nitrogen and oxygen atoms in total. The van der Waals surface area contributed by atoms with Crippen LogP contribution in [-0.2, 0) is 14.3 Å². The van der Waals surface area contributed by atoms with Crippen molar-refractivity contribution in [1.82, 2.24) is 4.98 Å². The molecule has 0 spiro atoms. The number of hydrogen-bond acceptors (Lipinski definition) is 7. The molecule has 0 saturated carbocycles. The van der Waals surface area contributed by atoms with Crippen LogP contribution < -0.4 is 0 Å².